The molecule has 0 saturated carbocycles. The summed E-state index contributed by atoms with van der Waals surface area (Å²) in [4.78, 5) is 2.56. The molecular formula is C13H19NO3S. The predicted molar refractivity (Wildman–Crippen MR) is 70.2 cm³/mol. The highest BCUT2D eigenvalue weighted by Crippen LogP contribution is 2.26. The van der Waals surface area contributed by atoms with Crippen molar-refractivity contribution < 1.29 is 13.2 Å². The minimum absolute atomic E-state index is 0.281. The fourth-order valence-corrected chi connectivity index (χ4v) is 3.95. The molecule has 2 rings (SSSR count). The molecule has 18 heavy (non-hydrogen) atoms. The van der Waals surface area contributed by atoms with E-state index in [1.807, 2.05) is 24.1 Å². The molecule has 5 heteroatoms. The number of methoxy groups -OCH3 is 1. The summed E-state index contributed by atoms with van der Waals surface area (Å²) in [6, 6.07) is 5.66. The molecule has 4 nitrogen and oxygen atoms in total. The standard InChI is InChI=1S/C13H19NO3S/c1-14(10-17-2)9-11-5-6-13-12(8-11)4-3-7-18(13,15)16/h5-6,8H,3-4,7,9-10H2,1-2H3. The third-order valence-electron chi connectivity index (χ3n) is 3.12. The van der Waals surface area contributed by atoms with Gasteiger partial charge in [-0.2, -0.15) is 0 Å². The molecule has 1 aromatic carbocycles. The van der Waals surface area contributed by atoms with Crippen LogP contribution in [0.5, 0.6) is 0 Å². The molecule has 0 fully saturated rings. The van der Waals surface area contributed by atoms with E-state index < -0.39 is 9.84 Å². The van der Waals surface area contributed by atoms with Gasteiger partial charge in [-0.05, 0) is 37.1 Å². The topological polar surface area (TPSA) is 46.6 Å². The number of fused-ring (bicyclic) bond motifs is 1. The van der Waals surface area contributed by atoms with Gasteiger partial charge in [-0.1, -0.05) is 12.1 Å². The summed E-state index contributed by atoms with van der Waals surface area (Å²) in [5, 5.41) is 0. The van der Waals surface area contributed by atoms with Crippen LogP contribution in [-0.2, 0) is 27.5 Å². The minimum Gasteiger partial charge on any atom is -0.369 e. The van der Waals surface area contributed by atoms with Crippen LogP contribution in [0.25, 0.3) is 0 Å². The van der Waals surface area contributed by atoms with Crippen molar-refractivity contribution in [3.05, 3.63) is 29.3 Å². The number of hydrogen-bond acceptors (Lipinski definition) is 4. The molecule has 0 radical (unpaired) electrons. The third kappa shape index (κ3) is 2.91. The smallest absolute Gasteiger partial charge is 0.178 e. The van der Waals surface area contributed by atoms with Crippen molar-refractivity contribution in [1.82, 2.24) is 4.90 Å². The monoisotopic (exact) mass is 269 g/mol. The van der Waals surface area contributed by atoms with Gasteiger partial charge in [0.2, 0.25) is 0 Å². The average molecular weight is 269 g/mol. The molecular weight excluding hydrogens is 250 g/mol. The SMILES string of the molecule is COCN(C)Cc1ccc2c(c1)CCCS2(=O)=O. The zero-order chi connectivity index (χ0) is 13.2. The van der Waals surface area contributed by atoms with Crippen LogP contribution in [0.2, 0.25) is 0 Å². The largest absolute Gasteiger partial charge is 0.369 e. The van der Waals surface area contributed by atoms with Crippen LogP contribution in [-0.4, -0.2) is 40.0 Å². The Kier molecular flexibility index (Phi) is 4.04. The number of sulfone groups is 1. The first kappa shape index (κ1) is 13.5. The number of ether oxygens (including phenoxy) is 1. The molecule has 0 spiro atoms. The first-order chi connectivity index (χ1) is 8.53. The Hall–Kier alpha value is -0.910. The maximum absolute atomic E-state index is 11.9. The van der Waals surface area contributed by atoms with Gasteiger partial charge < -0.3 is 4.74 Å². The lowest BCUT2D eigenvalue weighted by atomic mass is 10.1. The van der Waals surface area contributed by atoms with Crippen LogP contribution < -0.4 is 0 Å². The molecule has 1 heterocycles. The van der Waals surface area contributed by atoms with E-state index in [0.717, 1.165) is 30.5 Å². The summed E-state index contributed by atoms with van der Waals surface area (Å²) in [5.74, 6) is 0.281. The van der Waals surface area contributed by atoms with Crippen molar-refractivity contribution in [3.63, 3.8) is 0 Å². The van der Waals surface area contributed by atoms with E-state index in [-0.39, 0.29) is 5.75 Å². The fraction of sp³-hybridized carbons (Fsp3) is 0.538. The number of benzene rings is 1. The molecule has 0 atom stereocenters. The summed E-state index contributed by atoms with van der Waals surface area (Å²) in [7, 11) is 0.599. The number of aryl methyl sites for hydroxylation is 1. The van der Waals surface area contributed by atoms with Gasteiger partial charge in [0.1, 0.15) is 0 Å². The maximum atomic E-state index is 11.9. The molecule has 0 aliphatic carbocycles. The van der Waals surface area contributed by atoms with E-state index in [4.69, 9.17) is 4.74 Å². The van der Waals surface area contributed by atoms with E-state index in [0.29, 0.717) is 11.6 Å². The number of nitrogens with zero attached hydrogens (tertiary/aromatic N) is 1. The number of hydrogen-bond donors (Lipinski definition) is 0. The van der Waals surface area contributed by atoms with Crippen LogP contribution in [0.4, 0.5) is 0 Å². The first-order valence-electron chi connectivity index (χ1n) is 6.05. The number of rotatable bonds is 4. The Bertz CT molecular complexity index is 525. The Labute approximate surface area is 108 Å². The zero-order valence-electron chi connectivity index (χ0n) is 10.8. The van der Waals surface area contributed by atoms with E-state index in [1.54, 1.807) is 13.2 Å². The minimum atomic E-state index is -3.04. The Balaban J connectivity index is 2.22. The summed E-state index contributed by atoms with van der Waals surface area (Å²) in [6.07, 6.45) is 1.59. The van der Waals surface area contributed by atoms with Gasteiger partial charge in [0.05, 0.1) is 17.4 Å². The van der Waals surface area contributed by atoms with Gasteiger partial charge in [-0.3, -0.25) is 4.90 Å². The molecule has 0 amide bonds. The summed E-state index contributed by atoms with van der Waals surface area (Å²) in [6.45, 7) is 1.33. The molecule has 100 valence electrons. The molecule has 1 aliphatic rings. The quantitative estimate of drug-likeness (QED) is 0.776. The van der Waals surface area contributed by atoms with E-state index in [9.17, 15) is 8.42 Å². The molecule has 1 aromatic rings. The van der Waals surface area contributed by atoms with Crippen molar-refractivity contribution in [3.8, 4) is 0 Å². The molecule has 0 N–H and O–H groups in total. The lowest BCUT2D eigenvalue weighted by Crippen LogP contribution is -2.21. The van der Waals surface area contributed by atoms with Gasteiger partial charge >= 0.3 is 0 Å². The molecule has 0 aromatic heterocycles. The van der Waals surface area contributed by atoms with E-state index in [1.165, 1.54) is 0 Å². The van der Waals surface area contributed by atoms with Crippen LogP contribution in [0, 0.1) is 0 Å². The summed E-state index contributed by atoms with van der Waals surface area (Å²) < 4.78 is 28.8. The maximum Gasteiger partial charge on any atom is 0.178 e. The first-order valence-corrected chi connectivity index (χ1v) is 7.70. The second-order valence-corrected chi connectivity index (χ2v) is 6.87. The van der Waals surface area contributed by atoms with Crippen molar-refractivity contribution in [2.24, 2.45) is 0 Å². The van der Waals surface area contributed by atoms with Crippen LogP contribution >= 0.6 is 0 Å². The average Bonchev–Trinajstić information content (AvgIpc) is 2.28. The van der Waals surface area contributed by atoms with Gasteiger partial charge in [0, 0.05) is 13.7 Å². The molecule has 0 bridgehead atoms. The van der Waals surface area contributed by atoms with Gasteiger partial charge in [-0.25, -0.2) is 8.42 Å². The van der Waals surface area contributed by atoms with Crippen LogP contribution in [0.1, 0.15) is 17.5 Å². The molecule has 0 saturated heterocycles. The van der Waals surface area contributed by atoms with Gasteiger partial charge in [0.25, 0.3) is 0 Å². The normalized spacial score (nSPS) is 17.7. The molecule has 1 aliphatic heterocycles. The highest BCUT2D eigenvalue weighted by Gasteiger charge is 2.23. The zero-order valence-corrected chi connectivity index (χ0v) is 11.7. The third-order valence-corrected chi connectivity index (χ3v) is 5.02. The lowest BCUT2D eigenvalue weighted by Gasteiger charge is -2.19. The highest BCUT2D eigenvalue weighted by molar-refractivity contribution is 7.91. The predicted octanol–water partition coefficient (Wildman–Crippen LogP) is 1.44. The second-order valence-electron chi connectivity index (χ2n) is 4.80. The Morgan fingerprint density at radius 3 is 2.89 bits per heavy atom. The van der Waals surface area contributed by atoms with Crippen molar-refractivity contribution in [2.75, 3.05) is 26.6 Å². The van der Waals surface area contributed by atoms with E-state index >= 15 is 0 Å². The van der Waals surface area contributed by atoms with Crippen molar-refractivity contribution in [1.29, 1.82) is 0 Å². The van der Waals surface area contributed by atoms with Crippen molar-refractivity contribution >= 4 is 9.84 Å². The fourth-order valence-electron chi connectivity index (χ4n) is 2.37. The highest BCUT2D eigenvalue weighted by atomic mass is 32.2. The van der Waals surface area contributed by atoms with Crippen LogP contribution in [0.15, 0.2) is 23.1 Å². The molecule has 0 unspecified atom stereocenters. The summed E-state index contributed by atoms with van der Waals surface area (Å²) >= 11 is 0. The van der Waals surface area contributed by atoms with Gasteiger partial charge in [0.15, 0.2) is 9.84 Å². The lowest BCUT2D eigenvalue weighted by molar-refractivity contribution is 0.0771. The van der Waals surface area contributed by atoms with Crippen molar-refractivity contribution in [2.45, 2.75) is 24.3 Å². The second kappa shape index (κ2) is 5.38. The Morgan fingerprint density at radius 2 is 2.17 bits per heavy atom. The van der Waals surface area contributed by atoms with Gasteiger partial charge in [-0.15, -0.1) is 0 Å². The summed E-state index contributed by atoms with van der Waals surface area (Å²) in [5.41, 5.74) is 2.09. The van der Waals surface area contributed by atoms with E-state index in [2.05, 4.69) is 0 Å². The Morgan fingerprint density at radius 1 is 1.39 bits per heavy atom. The van der Waals surface area contributed by atoms with Crippen LogP contribution in [0.3, 0.4) is 0 Å².